The topological polar surface area (TPSA) is 35.5 Å². The molecule has 0 atom stereocenters. The van der Waals surface area contributed by atoms with Crippen molar-refractivity contribution in [3.63, 3.8) is 0 Å². The summed E-state index contributed by atoms with van der Waals surface area (Å²) in [6, 6.07) is 0. The Morgan fingerprint density at radius 3 is 3.00 bits per heavy atom. The van der Waals surface area contributed by atoms with Crippen LogP contribution in [0.25, 0.3) is 0 Å². The highest BCUT2D eigenvalue weighted by molar-refractivity contribution is 7.99. The number of β-amino-alcohol motifs (C(OH)–C–C–N with tert-alkyl or cyclic N) is 1. The first kappa shape index (κ1) is 10.3. The van der Waals surface area contributed by atoms with Gasteiger partial charge in [-0.3, -0.25) is 4.90 Å². The van der Waals surface area contributed by atoms with Gasteiger partial charge in [-0.2, -0.15) is 11.8 Å². The fraction of sp³-hybridized carbons (Fsp3) is 1.00. The zero-order valence-corrected chi connectivity index (χ0v) is 8.28. The number of aliphatic hydroxyl groups is 1. The molecule has 0 saturated carbocycles. The maximum Gasteiger partial charge on any atom is 0.0558 e. The zero-order chi connectivity index (χ0) is 8.65. The second-order valence-electron chi connectivity index (χ2n) is 2.93. The summed E-state index contributed by atoms with van der Waals surface area (Å²) in [5, 5.41) is 12.2. The largest absolute Gasteiger partial charge is 0.395 e. The van der Waals surface area contributed by atoms with Gasteiger partial charge in [0.1, 0.15) is 0 Å². The van der Waals surface area contributed by atoms with E-state index in [-0.39, 0.29) is 6.61 Å². The Morgan fingerprint density at radius 2 is 2.17 bits per heavy atom. The molecule has 0 aromatic heterocycles. The minimum atomic E-state index is 0.282. The molecule has 72 valence electrons. The molecule has 0 bridgehead atoms. The molecule has 0 aliphatic carbocycles. The standard InChI is InChI=1S/C8H18N2OS/c11-6-4-10-3-1-9-2-7-12-8-5-10/h9,11H,1-8H2. The summed E-state index contributed by atoms with van der Waals surface area (Å²) >= 11 is 1.99. The maximum absolute atomic E-state index is 8.78. The fourth-order valence-corrected chi connectivity index (χ4v) is 2.16. The number of rotatable bonds is 2. The summed E-state index contributed by atoms with van der Waals surface area (Å²) in [5.74, 6) is 2.41. The van der Waals surface area contributed by atoms with E-state index < -0.39 is 0 Å². The predicted molar refractivity (Wildman–Crippen MR) is 53.7 cm³/mol. The van der Waals surface area contributed by atoms with E-state index in [1.165, 1.54) is 11.5 Å². The number of nitrogens with one attached hydrogen (secondary N) is 1. The number of thioether (sulfide) groups is 1. The molecule has 0 amide bonds. The molecule has 1 fully saturated rings. The Hall–Kier alpha value is 0.230. The molecule has 3 nitrogen and oxygen atoms in total. The molecular weight excluding hydrogens is 172 g/mol. The van der Waals surface area contributed by atoms with Crippen molar-refractivity contribution in [1.82, 2.24) is 10.2 Å². The van der Waals surface area contributed by atoms with Crippen LogP contribution in [0.3, 0.4) is 0 Å². The number of nitrogens with zero attached hydrogens (tertiary/aromatic N) is 1. The third kappa shape index (κ3) is 4.30. The zero-order valence-electron chi connectivity index (χ0n) is 7.46. The van der Waals surface area contributed by atoms with Crippen molar-refractivity contribution in [3.8, 4) is 0 Å². The van der Waals surface area contributed by atoms with E-state index in [1.54, 1.807) is 0 Å². The Balaban J connectivity index is 2.19. The Kier molecular flexibility index (Phi) is 5.77. The lowest BCUT2D eigenvalue weighted by molar-refractivity contribution is 0.204. The minimum Gasteiger partial charge on any atom is -0.395 e. The lowest BCUT2D eigenvalue weighted by atomic mass is 10.4. The molecule has 4 heteroatoms. The van der Waals surface area contributed by atoms with Gasteiger partial charge in [-0.05, 0) is 0 Å². The second-order valence-corrected chi connectivity index (χ2v) is 4.15. The van der Waals surface area contributed by atoms with Gasteiger partial charge < -0.3 is 10.4 Å². The summed E-state index contributed by atoms with van der Waals surface area (Å²) in [6.07, 6.45) is 0. The second kappa shape index (κ2) is 6.71. The van der Waals surface area contributed by atoms with Gasteiger partial charge in [0.25, 0.3) is 0 Å². The normalized spacial score (nSPS) is 22.8. The molecule has 0 aromatic carbocycles. The highest BCUT2D eigenvalue weighted by Crippen LogP contribution is 2.01. The van der Waals surface area contributed by atoms with Crippen molar-refractivity contribution in [1.29, 1.82) is 0 Å². The van der Waals surface area contributed by atoms with Crippen LogP contribution in [0.1, 0.15) is 0 Å². The quantitative estimate of drug-likeness (QED) is 0.622. The van der Waals surface area contributed by atoms with E-state index >= 15 is 0 Å². The van der Waals surface area contributed by atoms with E-state index in [1.807, 2.05) is 11.8 Å². The van der Waals surface area contributed by atoms with Crippen molar-refractivity contribution >= 4 is 11.8 Å². The summed E-state index contributed by atoms with van der Waals surface area (Å²) in [5.41, 5.74) is 0. The lowest BCUT2D eigenvalue weighted by Crippen LogP contribution is -2.34. The van der Waals surface area contributed by atoms with Crippen LogP contribution in [0.4, 0.5) is 0 Å². The van der Waals surface area contributed by atoms with E-state index in [9.17, 15) is 0 Å². The van der Waals surface area contributed by atoms with Gasteiger partial charge >= 0.3 is 0 Å². The van der Waals surface area contributed by atoms with Crippen LogP contribution < -0.4 is 5.32 Å². The fourth-order valence-electron chi connectivity index (χ4n) is 1.28. The Labute approximate surface area is 78.5 Å². The van der Waals surface area contributed by atoms with Crippen LogP contribution >= 0.6 is 11.8 Å². The van der Waals surface area contributed by atoms with Crippen LogP contribution in [0.15, 0.2) is 0 Å². The number of hydrogen-bond acceptors (Lipinski definition) is 4. The summed E-state index contributed by atoms with van der Waals surface area (Å²) < 4.78 is 0. The van der Waals surface area contributed by atoms with Crippen molar-refractivity contribution in [2.45, 2.75) is 0 Å². The van der Waals surface area contributed by atoms with E-state index in [2.05, 4.69) is 10.2 Å². The average Bonchev–Trinajstić information content (AvgIpc) is 2.19. The summed E-state index contributed by atoms with van der Waals surface area (Å²) in [6.45, 7) is 5.47. The smallest absolute Gasteiger partial charge is 0.0558 e. The summed E-state index contributed by atoms with van der Waals surface area (Å²) in [7, 11) is 0. The van der Waals surface area contributed by atoms with Gasteiger partial charge in [0.15, 0.2) is 0 Å². The van der Waals surface area contributed by atoms with Crippen LogP contribution in [-0.2, 0) is 0 Å². The van der Waals surface area contributed by atoms with Gasteiger partial charge in [-0.15, -0.1) is 0 Å². The maximum atomic E-state index is 8.78. The van der Waals surface area contributed by atoms with E-state index in [4.69, 9.17) is 5.11 Å². The number of aliphatic hydroxyl groups excluding tert-OH is 1. The molecule has 2 N–H and O–H groups in total. The summed E-state index contributed by atoms with van der Waals surface area (Å²) in [4.78, 5) is 2.31. The molecule has 1 aliphatic rings. The highest BCUT2D eigenvalue weighted by Gasteiger charge is 2.05. The average molecular weight is 190 g/mol. The van der Waals surface area contributed by atoms with Gasteiger partial charge in [0, 0.05) is 44.2 Å². The first-order valence-corrected chi connectivity index (χ1v) is 5.70. The van der Waals surface area contributed by atoms with Crippen molar-refractivity contribution in [2.75, 3.05) is 50.8 Å². The molecule has 1 heterocycles. The SMILES string of the molecule is OCCN1CCNCCSCC1. The third-order valence-corrected chi connectivity index (χ3v) is 2.96. The van der Waals surface area contributed by atoms with Crippen LogP contribution in [0.2, 0.25) is 0 Å². The monoisotopic (exact) mass is 190 g/mol. The molecule has 0 spiro atoms. The van der Waals surface area contributed by atoms with Crippen LogP contribution in [-0.4, -0.2) is 60.8 Å². The first-order valence-electron chi connectivity index (χ1n) is 4.55. The van der Waals surface area contributed by atoms with E-state index in [0.717, 1.165) is 32.7 Å². The van der Waals surface area contributed by atoms with Crippen molar-refractivity contribution in [2.24, 2.45) is 0 Å². The molecule has 12 heavy (non-hydrogen) atoms. The van der Waals surface area contributed by atoms with Crippen molar-refractivity contribution in [3.05, 3.63) is 0 Å². The lowest BCUT2D eigenvalue weighted by Gasteiger charge is -2.19. The van der Waals surface area contributed by atoms with Gasteiger partial charge in [0.05, 0.1) is 6.61 Å². The van der Waals surface area contributed by atoms with E-state index in [0.29, 0.717) is 0 Å². The van der Waals surface area contributed by atoms with Gasteiger partial charge in [-0.25, -0.2) is 0 Å². The minimum absolute atomic E-state index is 0.282. The Bertz CT molecular complexity index is 103. The number of hydrogen-bond donors (Lipinski definition) is 2. The third-order valence-electron chi connectivity index (χ3n) is 2.00. The highest BCUT2D eigenvalue weighted by atomic mass is 32.2. The van der Waals surface area contributed by atoms with Crippen LogP contribution in [0.5, 0.6) is 0 Å². The molecular formula is C8H18N2OS. The molecule has 1 aliphatic heterocycles. The molecule has 0 aromatic rings. The van der Waals surface area contributed by atoms with Crippen molar-refractivity contribution < 1.29 is 5.11 Å². The predicted octanol–water partition coefficient (Wildman–Crippen LogP) is -0.383. The molecule has 0 unspecified atom stereocenters. The molecule has 1 rings (SSSR count). The van der Waals surface area contributed by atoms with Crippen LogP contribution in [0, 0.1) is 0 Å². The molecule has 0 radical (unpaired) electrons. The first-order chi connectivity index (χ1) is 5.93. The van der Waals surface area contributed by atoms with Gasteiger partial charge in [-0.1, -0.05) is 0 Å². The Morgan fingerprint density at radius 1 is 1.25 bits per heavy atom. The molecule has 1 saturated heterocycles. The van der Waals surface area contributed by atoms with Gasteiger partial charge in [0.2, 0.25) is 0 Å².